The van der Waals surface area contributed by atoms with E-state index >= 15 is 0 Å². The van der Waals surface area contributed by atoms with E-state index in [9.17, 15) is 9.59 Å². The molecular formula is C18H19N3O2. The fraction of sp³-hybridized carbons (Fsp3) is 0.278. The minimum absolute atomic E-state index is 0.113. The minimum atomic E-state index is -0.444. The van der Waals surface area contributed by atoms with E-state index in [4.69, 9.17) is 0 Å². The molecule has 2 amide bonds. The summed E-state index contributed by atoms with van der Waals surface area (Å²) in [5.41, 5.74) is 2.56. The summed E-state index contributed by atoms with van der Waals surface area (Å²) >= 11 is 0. The van der Waals surface area contributed by atoms with Crippen molar-refractivity contribution in [2.45, 2.75) is 25.3 Å². The molecular weight excluding hydrogens is 290 g/mol. The first-order valence-corrected chi connectivity index (χ1v) is 7.80. The number of hydrogen-bond donors (Lipinski definition) is 2. The normalized spacial score (nSPS) is 17.4. The lowest BCUT2D eigenvalue weighted by Crippen LogP contribution is -2.50. The Morgan fingerprint density at radius 3 is 2.74 bits per heavy atom. The third-order valence-corrected chi connectivity index (χ3v) is 3.91. The van der Waals surface area contributed by atoms with Crippen LogP contribution in [0, 0.1) is 0 Å². The van der Waals surface area contributed by atoms with E-state index in [1.54, 1.807) is 12.3 Å². The number of aromatic nitrogens is 1. The summed E-state index contributed by atoms with van der Waals surface area (Å²) in [5.74, 6) is -0.371. The lowest BCUT2D eigenvalue weighted by Gasteiger charge is -2.22. The van der Waals surface area contributed by atoms with Gasteiger partial charge in [-0.2, -0.15) is 0 Å². The standard InChI is InChI=1S/C18H19N3O2/c22-17(21-16-7-4-10-19-18(16)23)14-8-9-15(20-12-14)11-13-5-2-1-3-6-13/h1-3,5-6,8-9,12,16H,4,7,10-11H2,(H,19,23)(H,21,22). The van der Waals surface area contributed by atoms with E-state index in [1.807, 2.05) is 36.4 Å². The summed E-state index contributed by atoms with van der Waals surface area (Å²) in [6, 6.07) is 13.2. The molecule has 1 unspecified atom stereocenters. The monoisotopic (exact) mass is 309 g/mol. The fourth-order valence-corrected chi connectivity index (χ4v) is 2.62. The van der Waals surface area contributed by atoms with Crippen LogP contribution in [0.5, 0.6) is 0 Å². The number of carbonyl (C=O) groups excluding carboxylic acids is 2. The predicted molar refractivity (Wildman–Crippen MR) is 87.0 cm³/mol. The molecule has 2 heterocycles. The molecule has 1 aliphatic rings. The molecule has 23 heavy (non-hydrogen) atoms. The van der Waals surface area contributed by atoms with Crippen LogP contribution in [0.3, 0.4) is 0 Å². The zero-order chi connectivity index (χ0) is 16.1. The van der Waals surface area contributed by atoms with Crippen LogP contribution < -0.4 is 10.6 Å². The zero-order valence-electron chi connectivity index (χ0n) is 12.8. The van der Waals surface area contributed by atoms with Crippen molar-refractivity contribution < 1.29 is 9.59 Å². The molecule has 1 aromatic carbocycles. The first-order chi connectivity index (χ1) is 11.2. The van der Waals surface area contributed by atoms with Crippen LogP contribution in [-0.2, 0) is 11.2 Å². The van der Waals surface area contributed by atoms with E-state index in [0.717, 1.165) is 18.5 Å². The Kier molecular flexibility index (Phi) is 4.66. The second kappa shape index (κ2) is 7.05. The van der Waals surface area contributed by atoms with Gasteiger partial charge < -0.3 is 10.6 Å². The number of amides is 2. The van der Waals surface area contributed by atoms with Gasteiger partial charge in [0.25, 0.3) is 5.91 Å². The summed E-state index contributed by atoms with van der Waals surface area (Å²) in [7, 11) is 0. The number of piperidine rings is 1. The van der Waals surface area contributed by atoms with Crippen molar-refractivity contribution in [2.75, 3.05) is 6.54 Å². The van der Waals surface area contributed by atoms with Crippen LogP contribution in [0.2, 0.25) is 0 Å². The Balaban J connectivity index is 1.62. The molecule has 0 radical (unpaired) electrons. The van der Waals surface area contributed by atoms with Crippen LogP contribution in [-0.4, -0.2) is 29.4 Å². The molecule has 3 rings (SSSR count). The minimum Gasteiger partial charge on any atom is -0.354 e. The molecule has 0 aliphatic carbocycles. The highest BCUT2D eigenvalue weighted by atomic mass is 16.2. The second-order valence-electron chi connectivity index (χ2n) is 5.66. The highest BCUT2D eigenvalue weighted by Gasteiger charge is 2.23. The van der Waals surface area contributed by atoms with Crippen molar-refractivity contribution >= 4 is 11.8 Å². The van der Waals surface area contributed by atoms with E-state index in [0.29, 0.717) is 18.5 Å². The smallest absolute Gasteiger partial charge is 0.253 e. The molecule has 1 aliphatic heterocycles. The van der Waals surface area contributed by atoms with E-state index in [2.05, 4.69) is 15.6 Å². The molecule has 0 bridgehead atoms. The van der Waals surface area contributed by atoms with Crippen molar-refractivity contribution in [3.63, 3.8) is 0 Å². The molecule has 0 spiro atoms. The highest BCUT2D eigenvalue weighted by molar-refractivity contribution is 5.97. The third kappa shape index (κ3) is 3.94. The molecule has 1 saturated heterocycles. The maximum atomic E-state index is 12.2. The van der Waals surface area contributed by atoms with E-state index in [-0.39, 0.29) is 11.8 Å². The van der Waals surface area contributed by atoms with Gasteiger partial charge in [0.2, 0.25) is 5.91 Å². The quantitative estimate of drug-likeness (QED) is 0.902. The topological polar surface area (TPSA) is 71.1 Å². The fourth-order valence-electron chi connectivity index (χ4n) is 2.62. The van der Waals surface area contributed by atoms with Gasteiger partial charge in [0.05, 0.1) is 5.56 Å². The van der Waals surface area contributed by atoms with Gasteiger partial charge >= 0.3 is 0 Å². The van der Waals surface area contributed by atoms with Crippen molar-refractivity contribution in [2.24, 2.45) is 0 Å². The Bertz CT molecular complexity index is 683. The Morgan fingerprint density at radius 2 is 2.04 bits per heavy atom. The number of rotatable bonds is 4. The third-order valence-electron chi connectivity index (χ3n) is 3.91. The van der Waals surface area contributed by atoms with Gasteiger partial charge in [0.15, 0.2) is 0 Å². The van der Waals surface area contributed by atoms with Crippen LogP contribution in [0.15, 0.2) is 48.7 Å². The molecule has 2 N–H and O–H groups in total. The Hall–Kier alpha value is -2.69. The molecule has 5 heteroatoms. The Morgan fingerprint density at radius 1 is 1.22 bits per heavy atom. The van der Waals surface area contributed by atoms with Gasteiger partial charge in [-0.3, -0.25) is 14.6 Å². The van der Waals surface area contributed by atoms with Crippen LogP contribution in [0.4, 0.5) is 0 Å². The van der Waals surface area contributed by atoms with E-state index < -0.39 is 6.04 Å². The molecule has 1 fully saturated rings. The van der Waals surface area contributed by atoms with Gasteiger partial charge in [-0.05, 0) is 30.5 Å². The summed E-state index contributed by atoms with van der Waals surface area (Å²) in [6.07, 6.45) is 3.85. The molecule has 1 aromatic heterocycles. The summed E-state index contributed by atoms with van der Waals surface area (Å²) in [4.78, 5) is 28.2. The van der Waals surface area contributed by atoms with E-state index in [1.165, 1.54) is 5.56 Å². The average Bonchev–Trinajstić information content (AvgIpc) is 2.58. The number of carbonyl (C=O) groups is 2. The second-order valence-corrected chi connectivity index (χ2v) is 5.66. The summed E-state index contributed by atoms with van der Waals surface area (Å²) < 4.78 is 0. The van der Waals surface area contributed by atoms with Crippen molar-refractivity contribution in [1.29, 1.82) is 0 Å². The molecule has 2 aromatic rings. The largest absolute Gasteiger partial charge is 0.354 e. The molecule has 118 valence electrons. The molecule has 1 atom stereocenters. The van der Waals surface area contributed by atoms with Crippen LogP contribution >= 0.6 is 0 Å². The number of nitrogens with one attached hydrogen (secondary N) is 2. The van der Waals surface area contributed by atoms with Gasteiger partial charge in [-0.25, -0.2) is 0 Å². The maximum Gasteiger partial charge on any atom is 0.253 e. The van der Waals surface area contributed by atoms with Crippen molar-refractivity contribution in [3.8, 4) is 0 Å². The van der Waals surface area contributed by atoms with Gasteiger partial charge in [-0.15, -0.1) is 0 Å². The average molecular weight is 309 g/mol. The van der Waals surface area contributed by atoms with Crippen molar-refractivity contribution in [1.82, 2.24) is 15.6 Å². The van der Waals surface area contributed by atoms with Gasteiger partial charge in [0.1, 0.15) is 6.04 Å². The predicted octanol–water partition coefficient (Wildman–Crippen LogP) is 1.68. The lowest BCUT2D eigenvalue weighted by atomic mass is 10.1. The molecule has 0 saturated carbocycles. The maximum absolute atomic E-state index is 12.2. The first kappa shape index (κ1) is 15.2. The van der Waals surface area contributed by atoms with Crippen molar-refractivity contribution in [3.05, 3.63) is 65.5 Å². The first-order valence-electron chi connectivity index (χ1n) is 7.80. The number of pyridine rings is 1. The summed E-state index contributed by atoms with van der Waals surface area (Å²) in [6.45, 7) is 0.681. The SMILES string of the molecule is O=C(NC1CCCNC1=O)c1ccc(Cc2ccccc2)nc1. The number of hydrogen-bond acceptors (Lipinski definition) is 3. The highest BCUT2D eigenvalue weighted by Crippen LogP contribution is 2.09. The van der Waals surface area contributed by atoms with Gasteiger partial charge in [0, 0.05) is 24.9 Å². The lowest BCUT2D eigenvalue weighted by molar-refractivity contribution is -0.124. The number of benzene rings is 1. The van der Waals surface area contributed by atoms with Crippen LogP contribution in [0.1, 0.15) is 34.5 Å². The van der Waals surface area contributed by atoms with Gasteiger partial charge in [-0.1, -0.05) is 30.3 Å². The number of nitrogens with zero attached hydrogens (tertiary/aromatic N) is 1. The van der Waals surface area contributed by atoms with Crippen LogP contribution in [0.25, 0.3) is 0 Å². The zero-order valence-corrected chi connectivity index (χ0v) is 12.8. The summed E-state index contributed by atoms with van der Waals surface area (Å²) in [5, 5.41) is 5.52. The molecule has 5 nitrogen and oxygen atoms in total. The Labute approximate surface area is 135 Å².